The van der Waals surface area contributed by atoms with Crippen molar-refractivity contribution in [2.45, 2.75) is 23.1 Å². The van der Waals surface area contributed by atoms with Crippen molar-refractivity contribution in [1.29, 1.82) is 0 Å². The zero-order valence-electron chi connectivity index (χ0n) is 15.5. The molecule has 7 nitrogen and oxygen atoms in total. The third-order valence-corrected chi connectivity index (χ3v) is 5.08. The number of benzene rings is 2. The van der Waals surface area contributed by atoms with Crippen LogP contribution in [0.25, 0.3) is 0 Å². The molecule has 0 fully saturated rings. The Morgan fingerprint density at radius 1 is 1.21 bits per heavy atom. The Bertz CT molecular complexity index is 874. The number of hydrogen-bond acceptors (Lipinski definition) is 5. The molecule has 0 spiro atoms. The summed E-state index contributed by atoms with van der Waals surface area (Å²) in [7, 11) is 1.49. The molecule has 0 aliphatic rings. The lowest BCUT2D eigenvalue weighted by Gasteiger charge is -2.18. The number of non-ortho nitro benzene ring substituents is 1. The lowest BCUT2D eigenvalue weighted by Crippen LogP contribution is -2.38. The predicted octanol–water partition coefficient (Wildman–Crippen LogP) is 4.00. The van der Waals surface area contributed by atoms with Gasteiger partial charge < -0.3 is 10.2 Å². The Morgan fingerprint density at radius 2 is 1.89 bits per heavy atom. The molecule has 0 aliphatic carbocycles. The second-order valence-corrected chi connectivity index (χ2v) is 7.56. The topological polar surface area (TPSA) is 92.6 Å². The summed E-state index contributed by atoms with van der Waals surface area (Å²) in [6, 6.07) is 11.2. The standard InChI is InChI=1S/C19H20ClN3O4S/c1-3-10-21-18(24)12-22(2)19(25)16-11-14(23(26)27)6-9-17(16)28-15-7-4-13(20)5-8-15/h4-9,11H,3,10,12H2,1-2H3,(H,21,24). The minimum atomic E-state index is -0.554. The first kappa shape index (κ1) is 21.7. The Kier molecular flexibility index (Phi) is 7.83. The molecule has 0 heterocycles. The third-order valence-electron chi connectivity index (χ3n) is 3.75. The van der Waals surface area contributed by atoms with E-state index < -0.39 is 10.8 Å². The Balaban J connectivity index is 2.29. The van der Waals surface area contributed by atoms with E-state index in [1.54, 1.807) is 24.3 Å². The molecular formula is C19H20ClN3O4S. The van der Waals surface area contributed by atoms with E-state index in [-0.39, 0.29) is 23.7 Å². The van der Waals surface area contributed by atoms with Crippen LogP contribution in [0.2, 0.25) is 5.02 Å². The fourth-order valence-electron chi connectivity index (χ4n) is 2.33. The minimum Gasteiger partial charge on any atom is -0.355 e. The van der Waals surface area contributed by atoms with E-state index in [0.717, 1.165) is 11.3 Å². The van der Waals surface area contributed by atoms with Gasteiger partial charge in [-0.2, -0.15) is 0 Å². The molecule has 2 rings (SSSR count). The van der Waals surface area contributed by atoms with Gasteiger partial charge in [0, 0.05) is 40.5 Å². The van der Waals surface area contributed by atoms with Crippen LogP contribution in [-0.4, -0.2) is 41.8 Å². The highest BCUT2D eigenvalue weighted by Gasteiger charge is 2.22. The number of likely N-dealkylation sites (N-methyl/N-ethyl adjacent to an activating group) is 1. The summed E-state index contributed by atoms with van der Waals surface area (Å²) < 4.78 is 0. The number of nitrogens with zero attached hydrogens (tertiary/aromatic N) is 2. The molecule has 28 heavy (non-hydrogen) atoms. The summed E-state index contributed by atoms with van der Waals surface area (Å²) in [6.07, 6.45) is 0.788. The van der Waals surface area contributed by atoms with Gasteiger partial charge in [0.15, 0.2) is 0 Å². The number of nitro groups is 1. The second-order valence-electron chi connectivity index (χ2n) is 6.00. The van der Waals surface area contributed by atoms with Gasteiger partial charge in [0.25, 0.3) is 11.6 Å². The zero-order valence-corrected chi connectivity index (χ0v) is 17.0. The molecule has 0 aliphatic heterocycles. The summed E-state index contributed by atoms with van der Waals surface area (Å²) in [5.41, 5.74) is -0.0208. The Morgan fingerprint density at radius 3 is 2.50 bits per heavy atom. The number of halogens is 1. The highest BCUT2D eigenvalue weighted by Crippen LogP contribution is 2.33. The number of rotatable bonds is 8. The Labute approximate surface area is 172 Å². The van der Waals surface area contributed by atoms with Gasteiger partial charge in [0.2, 0.25) is 5.91 Å². The second kappa shape index (κ2) is 10.1. The van der Waals surface area contributed by atoms with Crippen molar-refractivity contribution >= 4 is 40.9 Å². The van der Waals surface area contributed by atoms with E-state index >= 15 is 0 Å². The molecule has 0 saturated heterocycles. The third kappa shape index (κ3) is 5.97. The number of hydrogen-bond donors (Lipinski definition) is 1. The SMILES string of the molecule is CCCNC(=O)CN(C)C(=O)c1cc([N+](=O)[O-])ccc1Sc1ccc(Cl)cc1. The lowest BCUT2D eigenvalue weighted by molar-refractivity contribution is -0.384. The van der Waals surface area contributed by atoms with Gasteiger partial charge in [-0.1, -0.05) is 30.3 Å². The van der Waals surface area contributed by atoms with Crippen molar-refractivity contribution in [1.82, 2.24) is 10.2 Å². The van der Waals surface area contributed by atoms with Gasteiger partial charge >= 0.3 is 0 Å². The Hall–Kier alpha value is -2.58. The van der Waals surface area contributed by atoms with Crippen LogP contribution in [0.3, 0.4) is 0 Å². The van der Waals surface area contributed by atoms with Crippen LogP contribution < -0.4 is 5.32 Å². The molecule has 9 heteroatoms. The highest BCUT2D eigenvalue weighted by atomic mass is 35.5. The molecule has 0 saturated carbocycles. The lowest BCUT2D eigenvalue weighted by atomic mass is 10.1. The van der Waals surface area contributed by atoms with E-state index in [1.807, 2.05) is 6.92 Å². The first-order valence-electron chi connectivity index (χ1n) is 8.55. The summed E-state index contributed by atoms with van der Waals surface area (Å²) in [5, 5.41) is 14.4. The number of carbonyl (C=O) groups is 2. The van der Waals surface area contributed by atoms with Gasteiger partial charge in [-0.05, 0) is 36.8 Å². The van der Waals surface area contributed by atoms with Crippen molar-refractivity contribution in [3.05, 3.63) is 63.2 Å². The van der Waals surface area contributed by atoms with E-state index in [1.165, 1.54) is 41.9 Å². The first-order valence-corrected chi connectivity index (χ1v) is 9.75. The van der Waals surface area contributed by atoms with Crippen LogP contribution in [0.1, 0.15) is 23.7 Å². The first-order chi connectivity index (χ1) is 13.3. The van der Waals surface area contributed by atoms with Crippen LogP contribution in [0, 0.1) is 10.1 Å². The van der Waals surface area contributed by atoms with E-state index in [4.69, 9.17) is 11.6 Å². The molecule has 2 aromatic carbocycles. The normalized spacial score (nSPS) is 10.4. The van der Waals surface area contributed by atoms with Crippen LogP contribution in [-0.2, 0) is 4.79 Å². The smallest absolute Gasteiger partial charge is 0.270 e. The number of nitrogens with one attached hydrogen (secondary N) is 1. The summed E-state index contributed by atoms with van der Waals surface area (Å²) in [5.74, 6) is -0.748. The van der Waals surface area contributed by atoms with Crippen molar-refractivity contribution in [3.8, 4) is 0 Å². The number of nitro benzene ring substituents is 1. The molecule has 0 atom stereocenters. The highest BCUT2D eigenvalue weighted by molar-refractivity contribution is 7.99. The summed E-state index contributed by atoms with van der Waals surface area (Å²) in [4.78, 5) is 38.0. The van der Waals surface area contributed by atoms with Gasteiger partial charge in [-0.3, -0.25) is 19.7 Å². The van der Waals surface area contributed by atoms with Crippen LogP contribution in [0.4, 0.5) is 5.69 Å². The van der Waals surface area contributed by atoms with E-state index in [0.29, 0.717) is 16.5 Å². The quantitative estimate of drug-likeness (QED) is 0.513. The van der Waals surface area contributed by atoms with Gasteiger partial charge in [-0.15, -0.1) is 0 Å². The molecule has 148 valence electrons. The van der Waals surface area contributed by atoms with Crippen LogP contribution in [0.15, 0.2) is 52.3 Å². The average Bonchev–Trinajstić information content (AvgIpc) is 2.67. The molecule has 2 amide bonds. The maximum Gasteiger partial charge on any atom is 0.270 e. The fraction of sp³-hybridized carbons (Fsp3) is 0.263. The molecular weight excluding hydrogens is 402 g/mol. The van der Waals surface area contributed by atoms with E-state index in [9.17, 15) is 19.7 Å². The van der Waals surface area contributed by atoms with Crippen molar-refractivity contribution in [3.63, 3.8) is 0 Å². The molecule has 0 bridgehead atoms. The number of amides is 2. The summed E-state index contributed by atoms with van der Waals surface area (Å²) >= 11 is 7.19. The fourth-order valence-corrected chi connectivity index (χ4v) is 3.37. The maximum absolute atomic E-state index is 12.9. The molecule has 0 radical (unpaired) electrons. The minimum absolute atomic E-state index is 0.132. The van der Waals surface area contributed by atoms with E-state index in [2.05, 4.69) is 5.32 Å². The van der Waals surface area contributed by atoms with Gasteiger partial charge in [0.05, 0.1) is 17.0 Å². The van der Waals surface area contributed by atoms with Crippen LogP contribution in [0.5, 0.6) is 0 Å². The largest absolute Gasteiger partial charge is 0.355 e. The van der Waals surface area contributed by atoms with Crippen molar-refractivity contribution < 1.29 is 14.5 Å². The summed E-state index contributed by atoms with van der Waals surface area (Å²) in [6.45, 7) is 2.32. The van der Waals surface area contributed by atoms with Crippen molar-refractivity contribution in [2.75, 3.05) is 20.1 Å². The van der Waals surface area contributed by atoms with Crippen molar-refractivity contribution in [2.24, 2.45) is 0 Å². The zero-order chi connectivity index (χ0) is 20.7. The maximum atomic E-state index is 12.9. The monoisotopic (exact) mass is 421 g/mol. The molecule has 0 aromatic heterocycles. The molecule has 1 N–H and O–H groups in total. The molecule has 2 aromatic rings. The van der Waals surface area contributed by atoms with Gasteiger partial charge in [-0.25, -0.2) is 0 Å². The number of carbonyl (C=O) groups excluding carboxylic acids is 2. The molecule has 0 unspecified atom stereocenters. The van der Waals surface area contributed by atoms with Gasteiger partial charge in [0.1, 0.15) is 0 Å². The van der Waals surface area contributed by atoms with Crippen LogP contribution >= 0.6 is 23.4 Å². The average molecular weight is 422 g/mol. The predicted molar refractivity (Wildman–Crippen MR) is 109 cm³/mol.